The van der Waals surface area contributed by atoms with Gasteiger partial charge in [-0.05, 0) is 57.0 Å². The van der Waals surface area contributed by atoms with E-state index in [0.29, 0.717) is 5.91 Å². The smallest absolute Gasteiger partial charge is 0.222 e. The fourth-order valence-corrected chi connectivity index (χ4v) is 3.25. The summed E-state index contributed by atoms with van der Waals surface area (Å²) in [4.78, 5) is 14.2. The van der Waals surface area contributed by atoms with Crippen molar-refractivity contribution in [3.8, 4) is 0 Å². The summed E-state index contributed by atoms with van der Waals surface area (Å²) in [5, 5.41) is 3.43. The average molecular weight is 252 g/mol. The molecule has 1 unspecified atom stereocenters. The molecule has 18 heavy (non-hydrogen) atoms. The summed E-state index contributed by atoms with van der Waals surface area (Å²) in [6.07, 6.45) is 8.14. The summed E-state index contributed by atoms with van der Waals surface area (Å²) in [6.45, 7) is 6.54. The number of hydrogen-bond donors (Lipinski definition) is 1. The van der Waals surface area contributed by atoms with Crippen molar-refractivity contribution >= 4 is 5.91 Å². The third kappa shape index (κ3) is 3.98. The van der Waals surface area contributed by atoms with Crippen molar-refractivity contribution in [2.24, 2.45) is 11.8 Å². The van der Waals surface area contributed by atoms with Gasteiger partial charge in [-0.25, -0.2) is 0 Å². The molecule has 0 spiro atoms. The first kappa shape index (κ1) is 13.9. The van der Waals surface area contributed by atoms with E-state index in [0.717, 1.165) is 50.9 Å². The van der Waals surface area contributed by atoms with Crippen LogP contribution in [0.2, 0.25) is 0 Å². The molecule has 0 aromatic rings. The first-order chi connectivity index (χ1) is 8.79. The minimum Gasteiger partial charge on any atom is -0.343 e. The highest BCUT2D eigenvalue weighted by molar-refractivity contribution is 5.76. The van der Waals surface area contributed by atoms with E-state index in [1.165, 1.54) is 32.1 Å². The van der Waals surface area contributed by atoms with E-state index in [1.54, 1.807) is 0 Å². The normalized spacial score (nSPS) is 26.3. The summed E-state index contributed by atoms with van der Waals surface area (Å²) in [5.74, 6) is 1.99. The SMILES string of the molecule is CCC1CCN(C(=O)CCC2CCCNC2)CC1. The Balaban J connectivity index is 1.65. The van der Waals surface area contributed by atoms with Crippen molar-refractivity contribution in [3.63, 3.8) is 0 Å². The van der Waals surface area contributed by atoms with Gasteiger partial charge in [-0.15, -0.1) is 0 Å². The number of hydrogen-bond acceptors (Lipinski definition) is 2. The van der Waals surface area contributed by atoms with Crippen molar-refractivity contribution < 1.29 is 4.79 Å². The zero-order valence-corrected chi connectivity index (χ0v) is 11.8. The Morgan fingerprint density at radius 3 is 2.61 bits per heavy atom. The standard InChI is InChI=1S/C15H28N2O/c1-2-13-7-10-17(11-8-13)15(18)6-5-14-4-3-9-16-12-14/h13-14,16H,2-12H2,1H3. The second-order valence-electron chi connectivity index (χ2n) is 5.98. The fraction of sp³-hybridized carbons (Fsp3) is 0.933. The Morgan fingerprint density at radius 1 is 1.22 bits per heavy atom. The van der Waals surface area contributed by atoms with Gasteiger partial charge in [0.05, 0.1) is 0 Å². The lowest BCUT2D eigenvalue weighted by Crippen LogP contribution is -2.39. The third-order valence-electron chi connectivity index (χ3n) is 4.71. The number of carbonyl (C=O) groups is 1. The van der Waals surface area contributed by atoms with Gasteiger partial charge in [0.2, 0.25) is 5.91 Å². The molecule has 1 N–H and O–H groups in total. The molecule has 1 amide bonds. The summed E-state index contributed by atoms with van der Waals surface area (Å²) in [7, 11) is 0. The fourth-order valence-electron chi connectivity index (χ4n) is 3.25. The molecule has 104 valence electrons. The van der Waals surface area contributed by atoms with E-state index in [4.69, 9.17) is 0 Å². The summed E-state index contributed by atoms with van der Waals surface area (Å²) in [5.41, 5.74) is 0. The van der Waals surface area contributed by atoms with Gasteiger partial charge in [0.1, 0.15) is 0 Å². The van der Waals surface area contributed by atoms with Gasteiger partial charge in [0.15, 0.2) is 0 Å². The van der Waals surface area contributed by atoms with Gasteiger partial charge < -0.3 is 10.2 Å². The lowest BCUT2D eigenvalue weighted by Gasteiger charge is -2.32. The van der Waals surface area contributed by atoms with Gasteiger partial charge in [0, 0.05) is 19.5 Å². The molecule has 0 saturated carbocycles. The zero-order valence-electron chi connectivity index (χ0n) is 11.8. The molecule has 3 heteroatoms. The lowest BCUT2D eigenvalue weighted by atomic mass is 9.92. The van der Waals surface area contributed by atoms with E-state index in [2.05, 4.69) is 17.1 Å². The van der Waals surface area contributed by atoms with Crippen LogP contribution in [0.5, 0.6) is 0 Å². The molecule has 0 bridgehead atoms. The van der Waals surface area contributed by atoms with Crippen LogP contribution in [0.25, 0.3) is 0 Å². The first-order valence-electron chi connectivity index (χ1n) is 7.78. The van der Waals surface area contributed by atoms with Crippen LogP contribution in [0.15, 0.2) is 0 Å². The summed E-state index contributed by atoms with van der Waals surface area (Å²) >= 11 is 0. The molecule has 0 aliphatic carbocycles. The Kier molecular flexibility index (Phi) is 5.48. The largest absolute Gasteiger partial charge is 0.343 e. The van der Waals surface area contributed by atoms with Crippen molar-refractivity contribution in [1.82, 2.24) is 10.2 Å². The summed E-state index contributed by atoms with van der Waals surface area (Å²) < 4.78 is 0. The van der Waals surface area contributed by atoms with E-state index >= 15 is 0 Å². The highest BCUT2D eigenvalue weighted by Crippen LogP contribution is 2.22. The predicted octanol–water partition coefficient (Wildman–Crippen LogP) is 2.41. The number of rotatable bonds is 4. The highest BCUT2D eigenvalue weighted by Gasteiger charge is 2.22. The monoisotopic (exact) mass is 252 g/mol. The Bertz CT molecular complexity index is 253. The number of amides is 1. The van der Waals surface area contributed by atoms with Crippen molar-refractivity contribution in [2.75, 3.05) is 26.2 Å². The maximum absolute atomic E-state index is 12.1. The minimum atomic E-state index is 0.398. The average Bonchev–Trinajstić information content (AvgIpc) is 2.46. The number of nitrogens with one attached hydrogen (secondary N) is 1. The van der Waals surface area contributed by atoms with Crippen LogP contribution in [0.1, 0.15) is 51.9 Å². The van der Waals surface area contributed by atoms with Crippen LogP contribution in [-0.2, 0) is 4.79 Å². The molecule has 0 aromatic heterocycles. The zero-order chi connectivity index (χ0) is 12.8. The molecule has 2 aliphatic heterocycles. The number of carbonyl (C=O) groups excluding carboxylic acids is 1. The molecule has 0 radical (unpaired) electrons. The molecular formula is C15H28N2O. The Morgan fingerprint density at radius 2 is 2.00 bits per heavy atom. The second kappa shape index (κ2) is 7.13. The molecule has 2 heterocycles. The molecule has 1 atom stereocenters. The van der Waals surface area contributed by atoms with Crippen molar-refractivity contribution in [3.05, 3.63) is 0 Å². The van der Waals surface area contributed by atoms with E-state index in [1.807, 2.05) is 0 Å². The van der Waals surface area contributed by atoms with Crippen LogP contribution >= 0.6 is 0 Å². The van der Waals surface area contributed by atoms with E-state index < -0.39 is 0 Å². The minimum absolute atomic E-state index is 0.398. The first-order valence-corrected chi connectivity index (χ1v) is 7.78. The van der Waals surface area contributed by atoms with Gasteiger partial charge in [-0.2, -0.15) is 0 Å². The third-order valence-corrected chi connectivity index (χ3v) is 4.71. The lowest BCUT2D eigenvalue weighted by molar-refractivity contribution is -0.132. The molecule has 2 rings (SSSR count). The van der Waals surface area contributed by atoms with Crippen LogP contribution < -0.4 is 5.32 Å². The van der Waals surface area contributed by atoms with Crippen molar-refractivity contribution in [2.45, 2.75) is 51.9 Å². The maximum Gasteiger partial charge on any atom is 0.222 e. The molecular weight excluding hydrogens is 224 g/mol. The molecule has 2 aliphatic rings. The summed E-state index contributed by atoms with van der Waals surface area (Å²) in [6, 6.07) is 0. The topological polar surface area (TPSA) is 32.3 Å². The van der Waals surface area contributed by atoms with Crippen LogP contribution in [0.4, 0.5) is 0 Å². The number of piperidine rings is 2. The van der Waals surface area contributed by atoms with Crippen molar-refractivity contribution in [1.29, 1.82) is 0 Å². The predicted molar refractivity (Wildman–Crippen MR) is 74.4 cm³/mol. The Hall–Kier alpha value is -0.570. The van der Waals surface area contributed by atoms with Crippen LogP contribution in [0.3, 0.4) is 0 Å². The maximum atomic E-state index is 12.1. The van der Waals surface area contributed by atoms with Gasteiger partial charge >= 0.3 is 0 Å². The number of likely N-dealkylation sites (tertiary alicyclic amines) is 1. The molecule has 2 fully saturated rings. The van der Waals surface area contributed by atoms with E-state index in [-0.39, 0.29) is 0 Å². The molecule has 0 aromatic carbocycles. The quantitative estimate of drug-likeness (QED) is 0.833. The van der Waals surface area contributed by atoms with E-state index in [9.17, 15) is 4.79 Å². The van der Waals surface area contributed by atoms with Gasteiger partial charge in [0.25, 0.3) is 0 Å². The van der Waals surface area contributed by atoms with Crippen LogP contribution in [-0.4, -0.2) is 37.0 Å². The highest BCUT2D eigenvalue weighted by atomic mass is 16.2. The molecule has 3 nitrogen and oxygen atoms in total. The van der Waals surface area contributed by atoms with Crippen LogP contribution in [0, 0.1) is 11.8 Å². The second-order valence-corrected chi connectivity index (χ2v) is 5.98. The molecule has 2 saturated heterocycles. The number of nitrogens with zero attached hydrogens (tertiary/aromatic N) is 1. The van der Waals surface area contributed by atoms with Gasteiger partial charge in [-0.3, -0.25) is 4.79 Å². The Labute approximate surface area is 111 Å². The van der Waals surface area contributed by atoms with Gasteiger partial charge in [-0.1, -0.05) is 13.3 Å².